The number of rotatable bonds is 9. The SMILES string of the molecule is C[N+](C)(C)CCN(CC[N+](C)(C)C)CC[N+](C)(C)C.[I-].[I-].[I-]. The fourth-order valence-electron chi connectivity index (χ4n) is 1.66. The summed E-state index contributed by atoms with van der Waals surface area (Å²) in [6.45, 7) is 7.24. The molecule has 0 heterocycles. The first kappa shape index (κ1) is 31.8. The average molecular weight is 656 g/mol. The number of likely N-dealkylation sites (N-methyl/N-ethyl adjacent to an activating group) is 3. The van der Waals surface area contributed by atoms with Gasteiger partial charge in [0.15, 0.2) is 0 Å². The van der Waals surface area contributed by atoms with Gasteiger partial charge >= 0.3 is 0 Å². The van der Waals surface area contributed by atoms with Crippen molar-refractivity contribution < 1.29 is 85.4 Å². The van der Waals surface area contributed by atoms with Gasteiger partial charge in [0.2, 0.25) is 0 Å². The summed E-state index contributed by atoms with van der Waals surface area (Å²) >= 11 is 0. The van der Waals surface area contributed by atoms with Crippen LogP contribution in [0, 0.1) is 0 Å². The molecule has 0 spiro atoms. The standard InChI is InChI=1S/C15H39N4.3HI/c1-17(2,3)13-10-16(11-14-18(4,5)6)12-15-19(7,8)9;;;/h10-15H2,1-9H3;3*1H/q+3;;;/p-3. The number of halogens is 3. The smallest absolute Gasteiger partial charge is 0.0909 e. The highest BCUT2D eigenvalue weighted by molar-refractivity contribution is 4.57. The summed E-state index contributed by atoms with van der Waals surface area (Å²) in [5.74, 6) is 0. The van der Waals surface area contributed by atoms with Crippen LogP contribution in [0.2, 0.25) is 0 Å². The van der Waals surface area contributed by atoms with Crippen LogP contribution < -0.4 is 71.9 Å². The van der Waals surface area contributed by atoms with E-state index in [1.54, 1.807) is 0 Å². The first-order valence-electron chi connectivity index (χ1n) is 7.42. The van der Waals surface area contributed by atoms with Crippen molar-refractivity contribution in [3.8, 4) is 0 Å². The lowest BCUT2D eigenvalue weighted by atomic mass is 10.3. The minimum absolute atomic E-state index is 0. The minimum atomic E-state index is 0. The monoisotopic (exact) mass is 656 g/mol. The van der Waals surface area contributed by atoms with Crippen LogP contribution in [0.5, 0.6) is 0 Å². The molecular formula is C15H39I3N4. The van der Waals surface area contributed by atoms with Crippen molar-refractivity contribution in [1.82, 2.24) is 4.90 Å². The molecule has 0 radical (unpaired) electrons. The maximum atomic E-state index is 2.64. The molecular weight excluding hydrogens is 617 g/mol. The van der Waals surface area contributed by atoms with Crippen LogP contribution in [-0.4, -0.2) is 121 Å². The van der Waals surface area contributed by atoms with Crippen molar-refractivity contribution in [2.45, 2.75) is 0 Å². The highest BCUT2D eigenvalue weighted by atomic mass is 127. The highest BCUT2D eigenvalue weighted by Crippen LogP contribution is 2.00. The summed E-state index contributed by atoms with van der Waals surface area (Å²) in [6, 6.07) is 0. The Bertz CT molecular complexity index is 212. The molecule has 0 aromatic rings. The van der Waals surface area contributed by atoms with Gasteiger partial charge in [0.1, 0.15) is 0 Å². The van der Waals surface area contributed by atoms with Gasteiger partial charge in [-0.1, -0.05) is 0 Å². The summed E-state index contributed by atoms with van der Waals surface area (Å²) in [5.41, 5.74) is 0. The highest BCUT2D eigenvalue weighted by Gasteiger charge is 2.17. The largest absolute Gasteiger partial charge is 1.00 e. The third-order valence-corrected chi connectivity index (χ3v) is 3.26. The summed E-state index contributed by atoms with van der Waals surface area (Å²) in [4.78, 5) is 2.64. The zero-order valence-electron chi connectivity index (χ0n) is 16.2. The van der Waals surface area contributed by atoms with Crippen LogP contribution in [0.4, 0.5) is 0 Å². The van der Waals surface area contributed by atoms with Crippen LogP contribution in [0.1, 0.15) is 0 Å². The van der Waals surface area contributed by atoms with Gasteiger partial charge < -0.3 is 85.4 Å². The van der Waals surface area contributed by atoms with E-state index in [2.05, 4.69) is 68.3 Å². The van der Waals surface area contributed by atoms with Crippen molar-refractivity contribution in [3.63, 3.8) is 0 Å². The molecule has 0 amide bonds. The molecule has 0 unspecified atom stereocenters. The Balaban J connectivity index is -0.000000540. The van der Waals surface area contributed by atoms with Crippen LogP contribution in [-0.2, 0) is 0 Å². The fourth-order valence-corrected chi connectivity index (χ4v) is 1.66. The Morgan fingerprint density at radius 2 is 0.636 bits per heavy atom. The van der Waals surface area contributed by atoms with E-state index in [1.165, 1.54) is 39.3 Å². The molecule has 0 aromatic carbocycles. The van der Waals surface area contributed by atoms with Crippen LogP contribution in [0.25, 0.3) is 0 Å². The van der Waals surface area contributed by atoms with Crippen molar-refractivity contribution in [1.29, 1.82) is 0 Å². The Kier molecular flexibility index (Phi) is 19.2. The molecule has 22 heavy (non-hydrogen) atoms. The Morgan fingerprint density at radius 1 is 0.455 bits per heavy atom. The molecule has 0 aromatic heterocycles. The average Bonchev–Trinajstić information content (AvgIpc) is 2.11. The van der Waals surface area contributed by atoms with Crippen LogP contribution in [0.15, 0.2) is 0 Å². The zero-order valence-corrected chi connectivity index (χ0v) is 22.6. The van der Waals surface area contributed by atoms with Gasteiger partial charge in [0, 0.05) is 19.6 Å². The summed E-state index contributed by atoms with van der Waals surface area (Å²) in [6.07, 6.45) is 0. The second kappa shape index (κ2) is 13.3. The lowest BCUT2D eigenvalue weighted by Gasteiger charge is -2.33. The first-order valence-corrected chi connectivity index (χ1v) is 7.42. The summed E-state index contributed by atoms with van der Waals surface area (Å²) < 4.78 is 3.14. The van der Waals surface area contributed by atoms with Crippen molar-refractivity contribution in [2.24, 2.45) is 0 Å². The molecule has 0 aliphatic carbocycles. The quantitative estimate of drug-likeness (QED) is 0.176. The number of hydrogen-bond acceptors (Lipinski definition) is 1. The third-order valence-electron chi connectivity index (χ3n) is 3.26. The Labute approximate surface area is 191 Å². The molecule has 4 nitrogen and oxygen atoms in total. The first-order chi connectivity index (χ1) is 8.29. The Morgan fingerprint density at radius 3 is 0.773 bits per heavy atom. The predicted octanol–water partition coefficient (Wildman–Crippen LogP) is -8.58. The van der Waals surface area contributed by atoms with Crippen molar-refractivity contribution >= 4 is 0 Å². The molecule has 0 rings (SSSR count). The van der Waals surface area contributed by atoms with E-state index in [0.717, 1.165) is 13.4 Å². The predicted molar refractivity (Wildman–Crippen MR) is 85.1 cm³/mol. The van der Waals surface area contributed by atoms with E-state index in [0.29, 0.717) is 0 Å². The van der Waals surface area contributed by atoms with Gasteiger partial charge in [-0.05, 0) is 0 Å². The minimum Gasteiger partial charge on any atom is -1.00 e. The van der Waals surface area contributed by atoms with Gasteiger partial charge in [-0.15, -0.1) is 0 Å². The number of nitrogens with zero attached hydrogens (tertiary/aromatic N) is 4. The molecule has 0 N–H and O–H groups in total. The second-order valence-electron chi connectivity index (χ2n) is 8.88. The molecule has 0 aliphatic heterocycles. The van der Waals surface area contributed by atoms with Gasteiger partial charge in [-0.3, -0.25) is 4.90 Å². The van der Waals surface area contributed by atoms with Gasteiger partial charge in [0.05, 0.1) is 83.1 Å². The number of quaternary nitrogens is 3. The van der Waals surface area contributed by atoms with E-state index in [1.807, 2.05) is 0 Å². The molecule has 0 atom stereocenters. The van der Waals surface area contributed by atoms with E-state index in [4.69, 9.17) is 0 Å². The molecule has 7 heteroatoms. The number of hydrogen-bond donors (Lipinski definition) is 0. The molecule has 0 aliphatic rings. The van der Waals surface area contributed by atoms with E-state index in [-0.39, 0.29) is 71.9 Å². The maximum Gasteiger partial charge on any atom is 0.0909 e. The normalized spacial score (nSPS) is 12.3. The fraction of sp³-hybridized carbons (Fsp3) is 1.00. The molecule has 140 valence electrons. The van der Waals surface area contributed by atoms with E-state index < -0.39 is 0 Å². The second-order valence-corrected chi connectivity index (χ2v) is 8.88. The zero-order chi connectivity index (χ0) is 15.3. The van der Waals surface area contributed by atoms with Crippen LogP contribution >= 0.6 is 0 Å². The van der Waals surface area contributed by atoms with Gasteiger partial charge in [-0.2, -0.15) is 0 Å². The molecule has 0 saturated heterocycles. The Hall–Kier alpha value is 2.03. The van der Waals surface area contributed by atoms with Crippen molar-refractivity contribution in [2.75, 3.05) is 103 Å². The van der Waals surface area contributed by atoms with Gasteiger partial charge in [-0.25, -0.2) is 0 Å². The summed E-state index contributed by atoms with van der Waals surface area (Å²) in [7, 11) is 20.5. The maximum absolute atomic E-state index is 2.64. The summed E-state index contributed by atoms with van der Waals surface area (Å²) in [5, 5.41) is 0. The molecule has 0 bridgehead atoms. The lowest BCUT2D eigenvalue weighted by Crippen LogP contribution is -3.00. The van der Waals surface area contributed by atoms with Crippen LogP contribution in [0.3, 0.4) is 0 Å². The van der Waals surface area contributed by atoms with E-state index in [9.17, 15) is 0 Å². The van der Waals surface area contributed by atoms with Crippen molar-refractivity contribution in [3.05, 3.63) is 0 Å². The third kappa shape index (κ3) is 24.3. The topological polar surface area (TPSA) is 3.24 Å². The molecule has 0 fully saturated rings. The molecule has 0 saturated carbocycles. The lowest BCUT2D eigenvalue weighted by molar-refractivity contribution is -0.875. The van der Waals surface area contributed by atoms with Gasteiger partial charge in [0.25, 0.3) is 0 Å². The van der Waals surface area contributed by atoms with E-state index >= 15 is 0 Å².